The number of carbonyl (C=O) groups is 2. The summed E-state index contributed by atoms with van der Waals surface area (Å²) in [6.45, 7) is 4.20. The number of pyridine rings is 1. The Balaban J connectivity index is 0.871. The molecule has 3 saturated heterocycles. The minimum atomic E-state index is -2.07. The monoisotopic (exact) mass is 760 g/mol. The predicted octanol–water partition coefficient (Wildman–Crippen LogP) is 5.23. The molecule has 12 heteroatoms. The van der Waals surface area contributed by atoms with Crippen molar-refractivity contribution in [2.24, 2.45) is 5.92 Å². The van der Waals surface area contributed by atoms with E-state index in [-0.39, 0.29) is 29.2 Å². The fourth-order valence-electron chi connectivity index (χ4n) is 7.69. The average Bonchev–Trinajstić information content (AvgIpc) is 3.22. The third kappa shape index (κ3) is 8.79. The lowest BCUT2D eigenvalue weighted by atomic mass is 9.84. The van der Waals surface area contributed by atoms with Crippen LogP contribution in [-0.2, 0) is 15.1 Å². The van der Waals surface area contributed by atoms with Gasteiger partial charge in [-0.05, 0) is 117 Å². The molecular weight excluding hydrogens is 713 g/mol. The average molecular weight is 761 g/mol. The molecule has 4 heterocycles. The number of nitrogens with zero attached hydrogens (tertiary/aromatic N) is 1. The minimum absolute atomic E-state index is 0.0431. The number of fused-ring (bicyclic) bond motifs is 4. The normalized spacial score (nSPS) is 19.2. The van der Waals surface area contributed by atoms with Crippen molar-refractivity contribution in [2.75, 3.05) is 44.6 Å². The Morgan fingerprint density at radius 3 is 2.41 bits per heavy atom. The number of H-pyrrole nitrogens is 1. The van der Waals surface area contributed by atoms with E-state index in [0.29, 0.717) is 70.8 Å². The van der Waals surface area contributed by atoms with E-state index in [0.717, 1.165) is 45.2 Å². The number of nitrogens with one attached hydrogen (secondary N) is 3. The number of rotatable bonds is 16. The van der Waals surface area contributed by atoms with Gasteiger partial charge in [-0.3, -0.25) is 14.5 Å². The van der Waals surface area contributed by atoms with E-state index in [9.17, 15) is 29.7 Å². The summed E-state index contributed by atoms with van der Waals surface area (Å²) in [5.74, 6) is -0.196. The molecule has 4 aromatic carbocycles. The largest absolute Gasteiger partial charge is 0.506 e. The van der Waals surface area contributed by atoms with Crippen LogP contribution in [-0.4, -0.2) is 82.5 Å². The van der Waals surface area contributed by atoms with Gasteiger partial charge in [0.05, 0.1) is 18.2 Å². The lowest BCUT2D eigenvalue weighted by molar-refractivity contribution is -0.177. The number of ether oxygens (including phenoxy) is 2. The summed E-state index contributed by atoms with van der Waals surface area (Å²) < 4.78 is 11.9. The quantitative estimate of drug-likeness (QED) is 0.0578. The van der Waals surface area contributed by atoms with Gasteiger partial charge in [0.25, 0.3) is 5.91 Å². The standard InChI is InChI=1S/C44H48N4O8/c49-37-18-16-35(36-17-19-40(51)47-41(36)37)38(50)27-45-22-5-2-6-25-55-34-14-12-30(13-15-34)42(52)46-33-11-7-10-32(26-33)44(54,31-8-3-1-4-9-31)43(53)56-39-28-48-23-20-29(39)21-24-48/h1,3-4,7-19,26,29,38-39,45,49-50,54H,2,5-6,20-25,27-28H2,(H,46,52)(H,47,51). The lowest BCUT2D eigenvalue weighted by Crippen LogP contribution is -2.53. The molecule has 3 aliphatic rings. The number of aromatic nitrogens is 1. The Kier molecular flexibility index (Phi) is 12.1. The number of aliphatic hydroxyl groups is 2. The second-order valence-electron chi connectivity index (χ2n) is 14.6. The van der Waals surface area contributed by atoms with Crippen LogP contribution in [0.1, 0.15) is 65.3 Å². The number of unbranched alkanes of at least 4 members (excludes halogenated alkanes) is 2. The lowest BCUT2D eigenvalue weighted by Gasteiger charge is -2.44. The smallest absolute Gasteiger partial charge is 0.348 e. The van der Waals surface area contributed by atoms with Crippen molar-refractivity contribution in [1.29, 1.82) is 0 Å². The maximum atomic E-state index is 13.9. The molecule has 292 valence electrons. The number of aromatic hydroxyl groups is 1. The maximum Gasteiger partial charge on any atom is 0.348 e. The van der Waals surface area contributed by atoms with Gasteiger partial charge in [0.15, 0.2) is 0 Å². The van der Waals surface area contributed by atoms with Crippen molar-refractivity contribution in [3.8, 4) is 11.5 Å². The van der Waals surface area contributed by atoms with Gasteiger partial charge in [-0.25, -0.2) is 4.79 Å². The van der Waals surface area contributed by atoms with E-state index < -0.39 is 17.7 Å². The van der Waals surface area contributed by atoms with Crippen LogP contribution in [0.5, 0.6) is 11.5 Å². The third-order valence-electron chi connectivity index (χ3n) is 10.9. The molecule has 0 radical (unpaired) electrons. The number of esters is 1. The molecule has 1 aromatic heterocycles. The number of hydrogen-bond donors (Lipinski definition) is 6. The molecule has 5 aromatic rings. The highest BCUT2D eigenvalue weighted by atomic mass is 16.6. The zero-order chi connectivity index (χ0) is 39.1. The van der Waals surface area contributed by atoms with Crippen molar-refractivity contribution in [1.82, 2.24) is 15.2 Å². The van der Waals surface area contributed by atoms with Crippen LogP contribution in [0.4, 0.5) is 5.69 Å². The SMILES string of the molecule is O=C(Nc1cccc(C(O)(C(=O)OC2CN3CCC2CC3)c2ccccc2)c1)c1ccc(OCCCCCNCC(O)c2ccc(O)c3[nH]c(=O)ccc23)cc1. The first-order valence-corrected chi connectivity index (χ1v) is 19.3. The van der Waals surface area contributed by atoms with Crippen molar-refractivity contribution >= 4 is 28.5 Å². The molecule has 0 saturated carbocycles. The number of piperidine rings is 3. The number of aliphatic hydroxyl groups excluding tert-OH is 1. The van der Waals surface area contributed by atoms with Gasteiger partial charge in [0.2, 0.25) is 11.2 Å². The Morgan fingerprint density at radius 2 is 1.66 bits per heavy atom. The second kappa shape index (κ2) is 17.5. The van der Waals surface area contributed by atoms with Gasteiger partial charge < -0.3 is 40.4 Å². The molecule has 3 fully saturated rings. The number of benzene rings is 4. The molecule has 56 heavy (non-hydrogen) atoms. The number of anilines is 1. The van der Waals surface area contributed by atoms with Gasteiger partial charge in [-0.15, -0.1) is 0 Å². The summed E-state index contributed by atoms with van der Waals surface area (Å²) in [5, 5.41) is 39.7. The summed E-state index contributed by atoms with van der Waals surface area (Å²) in [7, 11) is 0. The molecule has 3 aliphatic heterocycles. The second-order valence-corrected chi connectivity index (χ2v) is 14.6. The van der Waals surface area contributed by atoms with Gasteiger partial charge in [0.1, 0.15) is 17.6 Å². The van der Waals surface area contributed by atoms with Crippen molar-refractivity contribution in [2.45, 2.75) is 49.9 Å². The van der Waals surface area contributed by atoms with E-state index >= 15 is 0 Å². The van der Waals surface area contributed by atoms with E-state index in [1.165, 1.54) is 12.1 Å². The van der Waals surface area contributed by atoms with Gasteiger partial charge in [0, 0.05) is 41.4 Å². The molecule has 6 N–H and O–H groups in total. The first-order chi connectivity index (χ1) is 27.2. The summed E-state index contributed by atoms with van der Waals surface area (Å²) >= 11 is 0. The van der Waals surface area contributed by atoms with Crippen molar-refractivity contribution in [3.05, 3.63) is 136 Å². The van der Waals surface area contributed by atoms with Gasteiger partial charge in [-0.2, -0.15) is 0 Å². The highest BCUT2D eigenvalue weighted by Crippen LogP contribution is 2.36. The van der Waals surface area contributed by atoms with Crippen molar-refractivity contribution < 1.29 is 34.4 Å². The van der Waals surface area contributed by atoms with Gasteiger partial charge in [-0.1, -0.05) is 48.5 Å². The molecule has 8 rings (SSSR count). The molecule has 3 unspecified atom stereocenters. The highest BCUT2D eigenvalue weighted by Gasteiger charge is 2.45. The number of phenols is 1. The van der Waals surface area contributed by atoms with Crippen LogP contribution in [0.25, 0.3) is 10.9 Å². The molecule has 2 bridgehead atoms. The maximum absolute atomic E-state index is 13.9. The number of phenolic OH excluding ortho intramolecular Hbond substituents is 1. The fraction of sp³-hybridized carbons (Fsp3) is 0.341. The first-order valence-electron chi connectivity index (χ1n) is 19.3. The van der Waals surface area contributed by atoms with E-state index in [4.69, 9.17) is 9.47 Å². The summed E-state index contributed by atoms with van der Waals surface area (Å²) in [5.41, 5.74) is 0.0708. The van der Waals surface area contributed by atoms with E-state index in [1.54, 1.807) is 84.9 Å². The zero-order valence-electron chi connectivity index (χ0n) is 31.2. The summed E-state index contributed by atoms with van der Waals surface area (Å²) in [6.07, 6.45) is 3.46. The topological polar surface area (TPSA) is 173 Å². The molecule has 1 amide bonds. The Labute approximate surface area is 325 Å². The Bertz CT molecular complexity index is 2190. The van der Waals surface area contributed by atoms with Crippen molar-refractivity contribution in [3.63, 3.8) is 0 Å². The predicted molar refractivity (Wildman–Crippen MR) is 213 cm³/mol. The van der Waals surface area contributed by atoms with Gasteiger partial charge >= 0.3 is 5.97 Å². The van der Waals surface area contributed by atoms with Crippen LogP contribution >= 0.6 is 0 Å². The number of carbonyl (C=O) groups excluding carboxylic acids is 2. The van der Waals surface area contributed by atoms with Crippen LogP contribution in [0.2, 0.25) is 0 Å². The van der Waals surface area contributed by atoms with Crippen LogP contribution < -0.4 is 20.9 Å². The minimum Gasteiger partial charge on any atom is -0.506 e. The molecular formula is C44H48N4O8. The molecule has 3 atom stereocenters. The zero-order valence-corrected chi connectivity index (χ0v) is 31.2. The Morgan fingerprint density at radius 1 is 0.893 bits per heavy atom. The Hall–Kier alpha value is -5.53. The van der Waals surface area contributed by atoms with Crippen LogP contribution in [0.3, 0.4) is 0 Å². The third-order valence-corrected chi connectivity index (χ3v) is 10.9. The number of hydrogen-bond acceptors (Lipinski definition) is 10. The van der Waals surface area contributed by atoms with E-state index in [2.05, 4.69) is 20.5 Å². The van der Waals surface area contributed by atoms with E-state index in [1.807, 2.05) is 6.07 Å². The van der Waals surface area contributed by atoms with Crippen LogP contribution in [0, 0.1) is 5.92 Å². The summed E-state index contributed by atoms with van der Waals surface area (Å²) in [4.78, 5) is 43.7. The highest BCUT2D eigenvalue weighted by molar-refractivity contribution is 6.04. The first kappa shape index (κ1) is 38.7. The number of aromatic amines is 1. The summed E-state index contributed by atoms with van der Waals surface area (Å²) in [6, 6.07) is 28.4. The molecule has 0 spiro atoms. The van der Waals surface area contributed by atoms with Crippen LogP contribution in [0.15, 0.2) is 108 Å². The number of amides is 1. The molecule has 12 nitrogen and oxygen atoms in total. The fourth-order valence-corrected chi connectivity index (χ4v) is 7.69. The molecule has 0 aliphatic carbocycles.